The molecular formula is C10H7BrFNO2. The molecule has 78 valence electrons. The minimum absolute atomic E-state index is 0.160. The Morgan fingerprint density at radius 2 is 2.27 bits per heavy atom. The van der Waals surface area contributed by atoms with E-state index in [1.54, 1.807) is 18.2 Å². The zero-order valence-corrected chi connectivity index (χ0v) is 9.20. The lowest BCUT2D eigenvalue weighted by Gasteiger charge is -2.05. The Morgan fingerprint density at radius 3 is 3.00 bits per heavy atom. The summed E-state index contributed by atoms with van der Waals surface area (Å²) < 4.78 is 24.0. The predicted octanol–water partition coefficient (Wildman–Crippen LogP) is 3.16. The lowest BCUT2D eigenvalue weighted by molar-refractivity contribution is 0.240. The molecule has 1 aromatic heterocycles. The van der Waals surface area contributed by atoms with E-state index in [1.165, 1.54) is 12.3 Å². The summed E-state index contributed by atoms with van der Waals surface area (Å²) in [5, 5.41) is 3.52. The molecule has 0 amide bonds. The quantitative estimate of drug-likeness (QED) is 0.860. The van der Waals surface area contributed by atoms with E-state index in [0.29, 0.717) is 5.76 Å². The molecule has 0 saturated heterocycles. The molecule has 0 fully saturated rings. The van der Waals surface area contributed by atoms with Crippen molar-refractivity contribution in [2.24, 2.45) is 0 Å². The maximum Gasteiger partial charge on any atom is 0.174 e. The summed E-state index contributed by atoms with van der Waals surface area (Å²) in [6, 6.07) is 6.16. The summed E-state index contributed by atoms with van der Waals surface area (Å²) in [5.74, 6) is 0.327. The highest BCUT2D eigenvalue weighted by molar-refractivity contribution is 9.10. The van der Waals surface area contributed by atoms with Gasteiger partial charge in [0.1, 0.15) is 6.61 Å². The van der Waals surface area contributed by atoms with Crippen molar-refractivity contribution in [3.05, 3.63) is 46.5 Å². The summed E-state index contributed by atoms with van der Waals surface area (Å²) in [6.45, 7) is 0.160. The Balaban J connectivity index is 2.07. The molecule has 0 N–H and O–H groups in total. The van der Waals surface area contributed by atoms with E-state index in [2.05, 4.69) is 21.1 Å². The van der Waals surface area contributed by atoms with Gasteiger partial charge in [-0.3, -0.25) is 0 Å². The number of ether oxygens (including phenoxy) is 1. The van der Waals surface area contributed by atoms with Gasteiger partial charge in [0.2, 0.25) is 0 Å². The number of aromatic nitrogens is 1. The molecule has 1 heterocycles. The molecule has 0 bridgehead atoms. The molecule has 0 aliphatic rings. The molecule has 3 nitrogen and oxygen atoms in total. The molecule has 0 aliphatic carbocycles. The van der Waals surface area contributed by atoms with Crippen LogP contribution >= 0.6 is 15.9 Å². The third-order valence-corrected chi connectivity index (χ3v) is 2.25. The Labute approximate surface area is 94.0 Å². The van der Waals surface area contributed by atoms with Crippen molar-refractivity contribution in [2.45, 2.75) is 6.61 Å². The fraction of sp³-hybridized carbons (Fsp3) is 0.100. The average Bonchev–Trinajstić information content (AvgIpc) is 2.72. The Bertz CT molecular complexity index is 445. The molecule has 0 atom stereocenters. The fourth-order valence-corrected chi connectivity index (χ4v) is 1.39. The third kappa shape index (κ3) is 2.56. The van der Waals surface area contributed by atoms with Crippen LogP contribution in [-0.2, 0) is 6.61 Å². The van der Waals surface area contributed by atoms with E-state index < -0.39 is 5.82 Å². The van der Waals surface area contributed by atoms with Crippen LogP contribution < -0.4 is 4.74 Å². The third-order valence-electron chi connectivity index (χ3n) is 1.75. The Morgan fingerprint density at radius 1 is 1.40 bits per heavy atom. The highest BCUT2D eigenvalue weighted by atomic mass is 79.9. The van der Waals surface area contributed by atoms with E-state index in [1.807, 2.05) is 0 Å². The van der Waals surface area contributed by atoms with E-state index in [9.17, 15) is 4.39 Å². The first kappa shape index (κ1) is 10.2. The molecule has 15 heavy (non-hydrogen) atoms. The SMILES string of the molecule is Fc1ccc(Br)cc1OCc1ccno1. The van der Waals surface area contributed by atoms with Crippen LogP contribution in [0.5, 0.6) is 5.75 Å². The molecule has 1 aromatic carbocycles. The minimum atomic E-state index is -0.405. The second-order valence-corrected chi connectivity index (χ2v) is 3.76. The normalized spacial score (nSPS) is 10.3. The second-order valence-electron chi connectivity index (χ2n) is 2.84. The van der Waals surface area contributed by atoms with Gasteiger partial charge in [0.25, 0.3) is 0 Å². The summed E-state index contributed by atoms with van der Waals surface area (Å²) in [7, 11) is 0. The number of nitrogens with zero attached hydrogens (tertiary/aromatic N) is 1. The Kier molecular flexibility index (Phi) is 3.01. The van der Waals surface area contributed by atoms with Crippen LogP contribution in [0.1, 0.15) is 5.76 Å². The topological polar surface area (TPSA) is 35.3 Å². The average molecular weight is 272 g/mol. The molecule has 0 saturated carbocycles. The van der Waals surface area contributed by atoms with Gasteiger partial charge in [-0.15, -0.1) is 0 Å². The standard InChI is InChI=1S/C10H7BrFNO2/c11-7-1-2-9(12)10(5-7)14-6-8-3-4-13-15-8/h1-5H,6H2. The van der Waals surface area contributed by atoms with Crippen molar-refractivity contribution in [2.75, 3.05) is 0 Å². The predicted molar refractivity (Wildman–Crippen MR) is 54.9 cm³/mol. The molecular weight excluding hydrogens is 265 g/mol. The van der Waals surface area contributed by atoms with E-state index >= 15 is 0 Å². The van der Waals surface area contributed by atoms with Gasteiger partial charge in [-0.1, -0.05) is 21.1 Å². The summed E-state index contributed by atoms with van der Waals surface area (Å²) >= 11 is 3.23. The highest BCUT2D eigenvalue weighted by Crippen LogP contribution is 2.22. The smallest absolute Gasteiger partial charge is 0.174 e. The van der Waals surface area contributed by atoms with Crippen LogP contribution in [0.15, 0.2) is 39.5 Å². The molecule has 2 rings (SSSR count). The molecule has 0 unspecified atom stereocenters. The molecule has 5 heteroatoms. The summed E-state index contributed by atoms with van der Waals surface area (Å²) in [4.78, 5) is 0. The summed E-state index contributed by atoms with van der Waals surface area (Å²) in [5.41, 5.74) is 0. The van der Waals surface area contributed by atoms with Crippen LogP contribution in [0.3, 0.4) is 0 Å². The number of halogens is 2. The molecule has 2 aromatic rings. The molecule has 0 spiro atoms. The maximum atomic E-state index is 13.2. The molecule has 0 aliphatic heterocycles. The lowest BCUT2D eigenvalue weighted by atomic mass is 10.3. The first-order valence-corrected chi connectivity index (χ1v) is 5.02. The number of benzene rings is 1. The van der Waals surface area contributed by atoms with Gasteiger partial charge in [0.05, 0.1) is 6.20 Å². The monoisotopic (exact) mass is 271 g/mol. The van der Waals surface area contributed by atoms with Crippen molar-refractivity contribution in [3.63, 3.8) is 0 Å². The van der Waals surface area contributed by atoms with Crippen LogP contribution in [0.2, 0.25) is 0 Å². The lowest BCUT2D eigenvalue weighted by Crippen LogP contribution is -1.96. The number of hydrogen-bond donors (Lipinski definition) is 0. The van der Waals surface area contributed by atoms with Crippen molar-refractivity contribution in [3.8, 4) is 5.75 Å². The van der Waals surface area contributed by atoms with E-state index in [4.69, 9.17) is 9.26 Å². The first-order chi connectivity index (χ1) is 7.25. The largest absolute Gasteiger partial charge is 0.482 e. The maximum absolute atomic E-state index is 13.2. The fourth-order valence-electron chi connectivity index (χ4n) is 1.05. The van der Waals surface area contributed by atoms with Crippen LogP contribution in [-0.4, -0.2) is 5.16 Å². The van der Waals surface area contributed by atoms with Gasteiger partial charge >= 0.3 is 0 Å². The van der Waals surface area contributed by atoms with Gasteiger partial charge in [-0.25, -0.2) is 4.39 Å². The number of rotatable bonds is 3. The van der Waals surface area contributed by atoms with E-state index in [-0.39, 0.29) is 12.4 Å². The minimum Gasteiger partial charge on any atom is -0.482 e. The summed E-state index contributed by atoms with van der Waals surface area (Å²) in [6.07, 6.45) is 1.51. The van der Waals surface area contributed by atoms with Crippen LogP contribution in [0.4, 0.5) is 4.39 Å². The van der Waals surface area contributed by atoms with Gasteiger partial charge in [0, 0.05) is 10.5 Å². The van der Waals surface area contributed by atoms with Crippen molar-refractivity contribution < 1.29 is 13.7 Å². The van der Waals surface area contributed by atoms with Gasteiger partial charge in [0.15, 0.2) is 17.3 Å². The van der Waals surface area contributed by atoms with Crippen molar-refractivity contribution >= 4 is 15.9 Å². The highest BCUT2D eigenvalue weighted by Gasteiger charge is 2.05. The van der Waals surface area contributed by atoms with Crippen molar-refractivity contribution in [1.82, 2.24) is 5.16 Å². The van der Waals surface area contributed by atoms with Gasteiger partial charge in [-0.05, 0) is 18.2 Å². The molecule has 0 radical (unpaired) electrons. The number of hydrogen-bond acceptors (Lipinski definition) is 3. The van der Waals surface area contributed by atoms with Crippen molar-refractivity contribution in [1.29, 1.82) is 0 Å². The van der Waals surface area contributed by atoms with Gasteiger partial charge < -0.3 is 9.26 Å². The van der Waals surface area contributed by atoms with E-state index in [0.717, 1.165) is 4.47 Å². The first-order valence-electron chi connectivity index (χ1n) is 4.23. The second kappa shape index (κ2) is 4.44. The van der Waals surface area contributed by atoms with Crippen LogP contribution in [0, 0.1) is 5.82 Å². The van der Waals surface area contributed by atoms with Gasteiger partial charge in [-0.2, -0.15) is 0 Å². The zero-order chi connectivity index (χ0) is 10.7. The zero-order valence-electron chi connectivity index (χ0n) is 7.61. The van der Waals surface area contributed by atoms with Crippen LogP contribution in [0.25, 0.3) is 0 Å². The Hall–Kier alpha value is -1.36.